The first kappa shape index (κ1) is 13.6. The van der Waals surface area contributed by atoms with Crippen molar-refractivity contribution in [3.63, 3.8) is 0 Å². The van der Waals surface area contributed by atoms with Gasteiger partial charge in [0.15, 0.2) is 5.54 Å². The van der Waals surface area contributed by atoms with E-state index in [4.69, 9.17) is 15.2 Å². The highest BCUT2D eigenvalue weighted by Gasteiger charge is 2.47. The first-order valence-electron chi connectivity index (χ1n) is 7.07. The number of benzene rings is 2. The Bertz CT molecular complexity index is 832. The maximum atomic E-state index is 6.10. The zero-order chi connectivity index (χ0) is 15.5. The van der Waals surface area contributed by atoms with Crippen LogP contribution in [0.25, 0.3) is 0 Å². The van der Waals surface area contributed by atoms with Crippen LogP contribution in [0.5, 0.6) is 11.5 Å². The highest BCUT2D eigenvalue weighted by atomic mass is 79.9. The summed E-state index contributed by atoms with van der Waals surface area (Å²) in [6, 6.07) is 10.3. The first-order valence-corrected chi connectivity index (χ1v) is 7.87. The van der Waals surface area contributed by atoms with Crippen LogP contribution >= 0.6 is 15.9 Å². The van der Waals surface area contributed by atoms with Crippen molar-refractivity contribution in [1.82, 2.24) is 0 Å². The SMILES string of the molecule is Cc1cc2c(cc1C)C1(COC(N)=N1)c1cc(Br)ccc1O2. The number of nitrogens with zero attached hydrogens (tertiary/aromatic N) is 1. The van der Waals surface area contributed by atoms with E-state index in [1.54, 1.807) is 0 Å². The standard InChI is InChI=1S/C17H15BrN2O2/c1-9-5-12-15(6-10(9)2)22-14-4-3-11(18)7-13(14)17(12)8-21-16(19)20-17/h3-7H,8H2,1-2H3,(H2,19,20). The van der Waals surface area contributed by atoms with Gasteiger partial charge in [-0.2, -0.15) is 0 Å². The van der Waals surface area contributed by atoms with Gasteiger partial charge in [-0.05, 0) is 55.3 Å². The molecule has 2 aliphatic heterocycles. The first-order chi connectivity index (χ1) is 10.5. The van der Waals surface area contributed by atoms with E-state index in [0.717, 1.165) is 27.1 Å². The fourth-order valence-corrected chi connectivity index (χ4v) is 3.44. The fraction of sp³-hybridized carbons (Fsp3) is 0.235. The van der Waals surface area contributed by atoms with E-state index in [9.17, 15) is 0 Å². The number of fused-ring (bicyclic) bond motifs is 4. The number of rotatable bonds is 0. The molecule has 0 aromatic heterocycles. The number of amidine groups is 1. The van der Waals surface area contributed by atoms with E-state index in [1.165, 1.54) is 11.1 Å². The second-order valence-corrected chi connectivity index (χ2v) is 6.69. The van der Waals surface area contributed by atoms with Gasteiger partial charge in [0.05, 0.1) is 0 Å². The normalized spacial score (nSPS) is 21.7. The fourth-order valence-electron chi connectivity index (χ4n) is 3.08. The summed E-state index contributed by atoms with van der Waals surface area (Å²) in [5, 5.41) is 0. The Morgan fingerprint density at radius 1 is 1.09 bits per heavy atom. The smallest absolute Gasteiger partial charge is 0.283 e. The number of hydrogen-bond donors (Lipinski definition) is 1. The van der Waals surface area contributed by atoms with Crippen LogP contribution in [0.2, 0.25) is 0 Å². The molecule has 0 aliphatic carbocycles. The second-order valence-electron chi connectivity index (χ2n) is 5.77. The minimum Gasteiger partial charge on any atom is -0.462 e. The third kappa shape index (κ3) is 1.78. The summed E-state index contributed by atoms with van der Waals surface area (Å²) >= 11 is 3.53. The number of nitrogens with two attached hydrogens (primary N) is 1. The predicted molar refractivity (Wildman–Crippen MR) is 88.5 cm³/mol. The summed E-state index contributed by atoms with van der Waals surface area (Å²) in [5.74, 6) is 1.61. The largest absolute Gasteiger partial charge is 0.462 e. The summed E-state index contributed by atoms with van der Waals surface area (Å²) in [5.41, 5.74) is 9.56. The summed E-state index contributed by atoms with van der Waals surface area (Å²) in [7, 11) is 0. The average molecular weight is 359 g/mol. The molecule has 0 saturated heterocycles. The van der Waals surface area contributed by atoms with E-state index in [1.807, 2.05) is 18.2 Å². The molecule has 0 amide bonds. The highest BCUT2D eigenvalue weighted by molar-refractivity contribution is 9.10. The van der Waals surface area contributed by atoms with E-state index in [2.05, 4.69) is 46.9 Å². The van der Waals surface area contributed by atoms with Gasteiger partial charge in [-0.25, -0.2) is 4.99 Å². The summed E-state index contributed by atoms with van der Waals surface area (Å²) in [6.45, 7) is 4.55. The molecule has 0 radical (unpaired) electrons. The van der Waals surface area contributed by atoms with Crippen molar-refractivity contribution < 1.29 is 9.47 Å². The lowest BCUT2D eigenvalue weighted by Crippen LogP contribution is -2.31. The summed E-state index contributed by atoms with van der Waals surface area (Å²) in [6.07, 6.45) is 0. The molecular weight excluding hydrogens is 344 g/mol. The number of ether oxygens (including phenoxy) is 2. The van der Waals surface area contributed by atoms with Crippen LogP contribution in [0.15, 0.2) is 39.8 Å². The quantitative estimate of drug-likeness (QED) is 0.779. The molecule has 2 heterocycles. The van der Waals surface area contributed by atoms with Crippen LogP contribution in [-0.4, -0.2) is 12.6 Å². The van der Waals surface area contributed by atoms with Gasteiger partial charge in [-0.3, -0.25) is 0 Å². The number of aryl methyl sites for hydroxylation is 2. The molecule has 2 N–H and O–H groups in total. The minimum atomic E-state index is -0.630. The van der Waals surface area contributed by atoms with Gasteiger partial charge in [0.1, 0.15) is 18.1 Å². The predicted octanol–water partition coefficient (Wildman–Crippen LogP) is 3.76. The van der Waals surface area contributed by atoms with Crippen molar-refractivity contribution in [3.05, 3.63) is 57.1 Å². The molecule has 0 fully saturated rings. The van der Waals surface area contributed by atoms with E-state index >= 15 is 0 Å². The molecular formula is C17H15BrN2O2. The molecule has 4 nitrogen and oxygen atoms in total. The van der Waals surface area contributed by atoms with E-state index in [-0.39, 0.29) is 6.02 Å². The second kappa shape index (κ2) is 4.49. The Balaban J connectivity index is 2.05. The molecule has 1 unspecified atom stereocenters. The van der Waals surface area contributed by atoms with Crippen molar-refractivity contribution >= 4 is 22.0 Å². The monoisotopic (exact) mass is 358 g/mol. The molecule has 0 saturated carbocycles. The Morgan fingerprint density at radius 3 is 2.55 bits per heavy atom. The molecule has 1 spiro atoms. The Kier molecular flexibility index (Phi) is 2.78. The van der Waals surface area contributed by atoms with Gasteiger partial charge in [0.2, 0.25) is 0 Å². The Morgan fingerprint density at radius 2 is 1.82 bits per heavy atom. The van der Waals surface area contributed by atoms with Crippen LogP contribution in [0.1, 0.15) is 22.3 Å². The lowest BCUT2D eigenvalue weighted by atomic mass is 9.80. The minimum absolute atomic E-state index is 0.219. The van der Waals surface area contributed by atoms with E-state index < -0.39 is 5.54 Å². The molecule has 1 atom stereocenters. The summed E-state index contributed by atoms with van der Waals surface area (Å²) in [4.78, 5) is 4.65. The molecule has 5 heteroatoms. The lowest BCUT2D eigenvalue weighted by Gasteiger charge is -2.34. The average Bonchev–Trinajstić information content (AvgIpc) is 2.86. The van der Waals surface area contributed by atoms with Gasteiger partial charge >= 0.3 is 0 Å². The lowest BCUT2D eigenvalue weighted by molar-refractivity contribution is 0.264. The molecule has 2 aliphatic rings. The topological polar surface area (TPSA) is 56.8 Å². The van der Waals surface area contributed by atoms with Gasteiger partial charge in [0, 0.05) is 15.6 Å². The molecule has 2 aromatic rings. The van der Waals surface area contributed by atoms with E-state index in [0.29, 0.717) is 6.61 Å². The van der Waals surface area contributed by atoms with Crippen LogP contribution < -0.4 is 10.5 Å². The zero-order valence-corrected chi connectivity index (χ0v) is 13.9. The Labute approximate surface area is 137 Å². The van der Waals surface area contributed by atoms with Crippen LogP contribution in [0.3, 0.4) is 0 Å². The van der Waals surface area contributed by atoms with Crippen molar-refractivity contribution in [3.8, 4) is 11.5 Å². The molecule has 2 aromatic carbocycles. The van der Waals surface area contributed by atoms with Gasteiger partial charge in [-0.15, -0.1) is 0 Å². The van der Waals surface area contributed by atoms with Crippen LogP contribution in [-0.2, 0) is 10.3 Å². The van der Waals surface area contributed by atoms with Crippen molar-refractivity contribution in [2.45, 2.75) is 19.4 Å². The number of hydrogen-bond acceptors (Lipinski definition) is 4. The van der Waals surface area contributed by atoms with Gasteiger partial charge in [0.25, 0.3) is 6.02 Å². The Hall–Kier alpha value is -2.01. The maximum absolute atomic E-state index is 6.10. The number of aliphatic imine (C=N–C) groups is 1. The number of halogens is 1. The summed E-state index contributed by atoms with van der Waals surface area (Å²) < 4.78 is 12.6. The van der Waals surface area contributed by atoms with Crippen molar-refractivity contribution in [1.29, 1.82) is 0 Å². The van der Waals surface area contributed by atoms with Gasteiger partial charge < -0.3 is 15.2 Å². The maximum Gasteiger partial charge on any atom is 0.283 e. The van der Waals surface area contributed by atoms with Crippen molar-refractivity contribution in [2.24, 2.45) is 10.7 Å². The molecule has 112 valence electrons. The van der Waals surface area contributed by atoms with Gasteiger partial charge in [-0.1, -0.05) is 15.9 Å². The molecule has 22 heavy (non-hydrogen) atoms. The zero-order valence-electron chi connectivity index (χ0n) is 12.3. The molecule has 4 rings (SSSR count). The third-order valence-corrected chi connectivity index (χ3v) is 4.87. The van der Waals surface area contributed by atoms with Crippen LogP contribution in [0.4, 0.5) is 0 Å². The highest BCUT2D eigenvalue weighted by Crippen LogP contribution is 2.51. The van der Waals surface area contributed by atoms with Crippen molar-refractivity contribution in [2.75, 3.05) is 6.61 Å². The van der Waals surface area contributed by atoms with Crippen LogP contribution in [0, 0.1) is 13.8 Å². The molecule has 0 bridgehead atoms. The third-order valence-electron chi connectivity index (χ3n) is 4.38.